The zero-order valence-electron chi connectivity index (χ0n) is 8.59. The number of hydrogen-bond donors (Lipinski definition) is 2. The van der Waals surface area contributed by atoms with E-state index in [2.05, 4.69) is 5.32 Å². The first-order valence-electron chi connectivity index (χ1n) is 4.81. The third kappa shape index (κ3) is 3.97. The van der Waals surface area contributed by atoms with Crippen molar-refractivity contribution < 1.29 is 14.3 Å². The largest absolute Gasteiger partial charge is 0.481 e. The number of carbonyl (C=O) groups is 1. The summed E-state index contributed by atoms with van der Waals surface area (Å²) < 4.78 is 13.1. The van der Waals surface area contributed by atoms with Gasteiger partial charge in [-0.2, -0.15) is 0 Å². The maximum Gasteiger partial charge on any atom is 0.303 e. The van der Waals surface area contributed by atoms with E-state index in [0.29, 0.717) is 24.2 Å². The van der Waals surface area contributed by atoms with Crippen molar-refractivity contribution in [3.63, 3.8) is 0 Å². The fourth-order valence-electron chi connectivity index (χ4n) is 1.18. The molecule has 0 bridgehead atoms. The van der Waals surface area contributed by atoms with Crippen LogP contribution in [0.5, 0.6) is 0 Å². The highest BCUT2D eigenvalue weighted by Crippen LogP contribution is 2.13. The normalized spacial score (nSPS) is 10.0. The number of aryl methyl sites for hydroxylation is 1. The standard InChI is InChI=1S/C11H14FNO2/c1-8-4-5-9(7-10(8)12)13-6-2-3-11(14)15/h4-5,7,13H,2-3,6H2,1H3,(H,14,15). The number of rotatable bonds is 5. The highest BCUT2D eigenvalue weighted by molar-refractivity contribution is 5.66. The SMILES string of the molecule is Cc1ccc(NCCCC(=O)O)cc1F. The molecule has 0 aliphatic carbocycles. The quantitative estimate of drug-likeness (QED) is 0.735. The fourth-order valence-corrected chi connectivity index (χ4v) is 1.18. The number of carboxylic acids is 1. The molecule has 1 aromatic carbocycles. The highest BCUT2D eigenvalue weighted by atomic mass is 19.1. The Bertz CT molecular complexity index is 352. The molecule has 0 saturated carbocycles. The van der Waals surface area contributed by atoms with Crippen LogP contribution in [-0.2, 0) is 4.79 Å². The molecule has 0 fully saturated rings. The average molecular weight is 211 g/mol. The second-order valence-electron chi connectivity index (χ2n) is 3.39. The number of aliphatic carboxylic acids is 1. The van der Waals surface area contributed by atoms with Gasteiger partial charge in [0, 0.05) is 18.7 Å². The van der Waals surface area contributed by atoms with Gasteiger partial charge in [0.2, 0.25) is 0 Å². The minimum absolute atomic E-state index is 0.126. The van der Waals surface area contributed by atoms with Crippen molar-refractivity contribution in [3.8, 4) is 0 Å². The van der Waals surface area contributed by atoms with E-state index in [1.807, 2.05) is 0 Å². The van der Waals surface area contributed by atoms with Gasteiger partial charge in [-0.3, -0.25) is 4.79 Å². The molecule has 0 aliphatic heterocycles. The minimum Gasteiger partial charge on any atom is -0.481 e. The molecule has 4 heteroatoms. The lowest BCUT2D eigenvalue weighted by atomic mass is 10.2. The molecule has 82 valence electrons. The van der Waals surface area contributed by atoms with E-state index in [1.54, 1.807) is 19.1 Å². The molecule has 0 spiro atoms. The Morgan fingerprint density at radius 1 is 1.53 bits per heavy atom. The molecule has 2 N–H and O–H groups in total. The number of carboxylic acid groups (broad SMARTS) is 1. The van der Waals surface area contributed by atoms with Gasteiger partial charge < -0.3 is 10.4 Å². The first-order chi connectivity index (χ1) is 7.09. The van der Waals surface area contributed by atoms with Crippen molar-refractivity contribution in [2.24, 2.45) is 0 Å². The number of halogens is 1. The van der Waals surface area contributed by atoms with Crippen molar-refractivity contribution in [1.82, 2.24) is 0 Å². The maximum atomic E-state index is 13.1. The van der Waals surface area contributed by atoms with Crippen LogP contribution in [0.3, 0.4) is 0 Å². The van der Waals surface area contributed by atoms with Crippen LogP contribution in [0.1, 0.15) is 18.4 Å². The summed E-state index contributed by atoms with van der Waals surface area (Å²) in [7, 11) is 0. The number of anilines is 1. The molecule has 0 atom stereocenters. The Kier molecular flexibility index (Phi) is 4.09. The summed E-state index contributed by atoms with van der Waals surface area (Å²) in [6.07, 6.45) is 0.659. The van der Waals surface area contributed by atoms with E-state index in [-0.39, 0.29) is 12.2 Å². The summed E-state index contributed by atoms with van der Waals surface area (Å²) in [4.78, 5) is 10.2. The zero-order valence-corrected chi connectivity index (χ0v) is 8.59. The average Bonchev–Trinajstić information content (AvgIpc) is 2.18. The van der Waals surface area contributed by atoms with E-state index in [9.17, 15) is 9.18 Å². The van der Waals surface area contributed by atoms with Crippen molar-refractivity contribution in [1.29, 1.82) is 0 Å². The Hall–Kier alpha value is -1.58. The van der Waals surface area contributed by atoms with Gasteiger partial charge in [0.1, 0.15) is 5.82 Å². The van der Waals surface area contributed by atoms with E-state index in [0.717, 1.165) is 0 Å². The summed E-state index contributed by atoms with van der Waals surface area (Å²) >= 11 is 0. The lowest BCUT2D eigenvalue weighted by molar-refractivity contribution is -0.137. The first kappa shape index (κ1) is 11.5. The van der Waals surface area contributed by atoms with Crippen LogP contribution >= 0.6 is 0 Å². The third-order valence-corrected chi connectivity index (χ3v) is 2.07. The lowest BCUT2D eigenvalue weighted by Crippen LogP contribution is -2.05. The molecule has 0 unspecified atom stereocenters. The van der Waals surface area contributed by atoms with Gasteiger partial charge in [0.05, 0.1) is 0 Å². The van der Waals surface area contributed by atoms with Gasteiger partial charge in [0.25, 0.3) is 0 Å². The lowest BCUT2D eigenvalue weighted by Gasteiger charge is -2.06. The molecule has 1 aromatic rings. The molecule has 0 amide bonds. The van der Waals surface area contributed by atoms with E-state index in [4.69, 9.17) is 5.11 Å². The number of benzene rings is 1. The molecule has 0 aliphatic rings. The molecule has 3 nitrogen and oxygen atoms in total. The molecular weight excluding hydrogens is 197 g/mol. The van der Waals surface area contributed by atoms with Crippen LogP contribution in [0.15, 0.2) is 18.2 Å². The van der Waals surface area contributed by atoms with E-state index < -0.39 is 5.97 Å². The van der Waals surface area contributed by atoms with Gasteiger partial charge >= 0.3 is 5.97 Å². The van der Waals surface area contributed by atoms with Crippen LogP contribution in [0.2, 0.25) is 0 Å². The van der Waals surface area contributed by atoms with Crippen LogP contribution in [0.4, 0.5) is 10.1 Å². The molecule has 0 aromatic heterocycles. The number of nitrogens with one attached hydrogen (secondary N) is 1. The smallest absolute Gasteiger partial charge is 0.303 e. The monoisotopic (exact) mass is 211 g/mol. The van der Waals surface area contributed by atoms with Gasteiger partial charge in [0.15, 0.2) is 0 Å². The van der Waals surface area contributed by atoms with E-state index >= 15 is 0 Å². The molecule has 15 heavy (non-hydrogen) atoms. The maximum absolute atomic E-state index is 13.1. The Balaban J connectivity index is 2.38. The van der Waals surface area contributed by atoms with Gasteiger partial charge in [-0.25, -0.2) is 4.39 Å². The fraction of sp³-hybridized carbons (Fsp3) is 0.364. The Labute approximate surface area is 87.9 Å². The second-order valence-corrected chi connectivity index (χ2v) is 3.39. The van der Waals surface area contributed by atoms with Crippen LogP contribution < -0.4 is 5.32 Å². The highest BCUT2D eigenvalue weighted by Gasteiger charge is 1.99. The molecule has 0 radical (unpaired) electrons. The Morgan fingerprint density at radius 3 is 2.87 bits per heavy atom. The van der Waals surface area contributed by atoms with Crippen molar-refractivity contribution in [2.75, 3.05) is 11.9 Å². The van der Waals surface area contributed by atoms with Gasteiger partial charge in [-0.05, 0) is 31.0 Å². The Morgan fingerprint density at radius 2 is 2.27 bits per heavy atom. The predicted molar refractivity (Wildman–Crippen MR) is 56.5 cm³/mol. The summed E-state index contributed by atoms with van der Waals surface area (Å²) in [5, 5.41) is 11.4. The number of hydrogen-bond acceptors (Lipinski definition) is 2. The topological polar surface area (TPSA) is 49.3 Å². The van der Waals surface area contributed by atoms with E-state index in [1.165, 1.54) is 6.07 Å². The summed E-state index contributed by atoms with van der Waals surface area (Å²) in [5.74, 6) is -1.06. The summed E-state index contributed by atoms with van der Waals surface area (Å²) in [6, 6.07) is 4.88. The van der Waals surface area contributed by atoms with Gasteiger partial charge in [-0.1, -0.05) is 6.07 Å². The molecule has 0 heterocycles. The van der Waals surface area contributed by atoms with Crippen LogP contribution in [0, 0.1) is 12.7 Å². The molecule has 0 saturated heterocycles. The zero-order chi connectivity index (χ0) is 11.3. The molecular formula is C11H14FNO2. The summed E-state index contributed by atoms with van der Waals surface area (Å²) in [5.41, 5.74) is 1.29. The van der Waals surface area contributed by atoms with Crippen LogP contribution in [-0.4, -0.2) is 17.6 Å². The predicted octanol–water partition coefficient (Wildman–Crippen LogP) is 2.41. The van der Waals surface area contributed by atoms with Crippen molar-refractivity contribution in [3.05, 3.63) is 29.6 Å². The van der Waals surface area contributed by atoms with Crippen molar-refractivity contribution >= 4 is 11.7 Å². The minimum atomic E-state index is -0.813. The third-order valence-electron chi connectivity index (χ3n) is 2.07. The van der Waals surface area contributed by atoms with Gasteiger partial charge in [-0.15, -0.1) is 0 Å². The van der Waals surface area contributed by atoms with Crippen molar-refractivity contribution in [2.45, 2.75) is 19.8 Å². The molecule has 1 rings (SSSR count). The second kappa shape index (κ2) is 5.34. The van der Waals surface area contributed by atoms with Crippen LogP contribution in [0.25, 0.3) is 0 Å². The summed E-state index contributed by atoms with van der Waals surface area (Å²) in [6.45, 7) is 2.23. The first-order valence-corrected chi connectivity index (χ1v) is 4.81.